The van der Waals surface area contributed by atoms with E-state index in [0.717, 1.165) is 0 Å². The average Bonchev–Trinajstić information content (AvgIpc) is 2.64. The van der Waals surface area contributed by atoms with Crippen LogP contribution < -0.4 is 0 Å². The second-order valence-corrected chi connectivity index (χ2v) is 8.46. The first-order chi connectivity index (χ1) is 12.4. The van der Waals surface area contributed by atoms with Crippen molar-refractivity contribution in [1.29, 1.82) is 0 Å². The van der Waals surface area contributed by atoms with Gasteiger partial charge in [0.1, 0.15) is 0 Å². The molecule has 0 bridgehead atoms. The van der Waals surface area contributed by atoms with Crippen LogP contribution in [-0.2, 0) is 21.2 Å². The van der Waals surface area contributed by atoms with Crippen molar-refractivity contribution >= 4 is 27.5 Å². The van der Waals surface area contributed by atoms with Gasteiger partial charge in [0.05, 0.1) is 11.3 Å². The van der Waals surface area contributed by atoms with Gasteiger partial charge >= 0.3 is 0 Å². The lowest BCUT2D eigenvalue weighted by Gasteiger charge is -2.34. The number of nitrogens with zero attached hydrogens (tertiary/aromatic N) is 3. The summed E-state index contributed by atoms with van der Waals surface area (Å²) < 4.78 is 27.2. The molecule has 2 aromatic rings. The highest BCUT2D eigenvalue weighted by Crippen LogP contribution is 2.26. The van der Waals surface area contributed by atoms with Gasteiger partial charge in [0.2, 0.25) is 15.9 Å². The maximum absolute atomic E-state index is 12.9. The van der Waals surface area contributed by atoms with Crippen LogP contribution in [0.25, 0.3) is 0 Å². The fourth-order valence-electron chi connectivity index (χ4n) is 2.95. The Morgan fingerprint density at radius 3 is 2.50 bits per heavy atom. The largest absolute Gasteiger partial charge is 0.340 e. The summed E-state index contributed by atoms with van der Waals surface area (Å²) in [6, 6.07) is 10.3. The molecule has 0 saturated carbocycles. The molecule has 0 N–H and O–H groups in total. The maximum atomic E-state index is 12.9. The van der Waals surface area contributed by atoms with Gasteiger partial charge in [-0.3, -0.25) is 9.78 Å². The van der Waals surface area contributed by atoms with Crippen molar-refractivity contribution < 1.29 is 13.2 Å². The lowest BCUT2D eigenvalue weighted by molar-refractivity contribution is -0.131. The molecule has 3 rings (SSSR count). The van der Waals surface area contributed by atoms with Crippen molar-refractivity contribution in [2.24, 2.45) is 0 Å². The molecule has 8 heteroatoms. The molecule has 0 radical (unpaired) electrons. The van der Waals surface area contributed by atoms with E-state index in [1.165, 1.54) is 4.31 Å². The maximum Gasteiger partial charge on any atom is 0.243 e. The Balaban J connectivity index is 1.66. The zero-order chi connectivity index (χ0) is 18.7. The van der Waals surface area contributed by atoms with Crippen LogP contribution in [0, 0.1) is 6.92 Å². The first kappa shape index (κ1) is 18.8. The standard InChI is InChI=1S/C18H20ClN3O3S/c1-14-16(19)6-4-7-17(14)26(24,25)22-11-9-21(10-12-22)18(23)13-15-5-2-3-8-20-15/h2-8H,9-13H2,1H3. The van der Waals surface area contributed by atoms with E-state index in [0.29, 0.717) is 29.4 Å². The van der Waals surface area contributed by atoms with Gasteiger partial charge in [0.15, 0.2) is 0 Å². The molecule has 1 aliphatic rings. The minimum absolute atomic E-state index is 0.0420. The van der Waals surface area contributed by atoms with E-state index in [2.05, 4.69) is 4.98 Å². The Morgan fingerprint density at radius 2 is 1.85 bits per heavy atom. The van der Waals surface area contributed by atoms with Crippen molar-refractivity contribution in [3.63, 3.8) is 0 Å². The SMILES string of the molecule is Cc1c(Cl)cccc1S(=O)(=O)N1CCN(C(=O)Cc2ccccn2)CC1. The summed E-state index contributed by atoms with van der Waals surface area (Å²) in [4.78, 5) is 18.5. The third kappa shape index (κ3) is 3.90. The molecule has 0 atom stereocenters. The minimum Gasteiger partial charge on any atom is -0.340 e. The van der Waals surface area contributed by atoms with Crippen molar-refractivity contribution in [1.82, 2.24) is 14.2 Å². The number of carbonyl (C=O) groups excluding carboxylic acids is 1. The second-order valence-electron chi connectivity index (χ2n) is 6.15. The molecule has 1 fully saturated rings. The van der Waals surface area contributed by atoms with Crippen LogP contribution in [0.1, 0.15) is 11.3 Å². The predicted molar refractivity (Wildman–Crippen MR) is 99.5 cm³/mol. The number of sulfonamides is 1. The van der Waals surface area contributed by atoms with Gasteiger partial charge in [-0.1, -0.05) is 23.7 Å². The van der Waals surface area contributed by atoms with E-state index in [1.54, 1.807) is 48.4 Å². The van der Waals surface area contributed by atoms with Crippen molar-refractivity contribution in [2.75, 3.05) is 26.2 Å². The molecule has 1 saturated heterocycles. The molecule has 6 nitrogen and oxygen atoms in total. The third-order valence-electron chi connectivity index (χ3n) is 4.49. The first-order valence-electron chi connectivity index (χ1n) is 8.32. The lowest BCUT2D eigenvalue weighted by atomic mass is 10.2. The molecule has 26 heavy (non-hydrogen) atoms. The number of halogens is 1. The Labute approximate surface area is 158 Å². The summed E-state index contributed by atoms with van der Waals surface area (Å²) in [6.45, 7) is 2.96. The van der Waals surface area contributed by atoms with E-state index in [4.69, 9.17) is 11.6 Å². The number of benzene rings is 1. The van der Waals surface area contributed by atoms with Crippen LogP contribution in [0.15, 0.2) is 47.5 Å². The molecule has 0 unspecified atom stereocenters. The minimum atomic E-state index is -3.62. The van der Waals surface area contributed by atoms with Gasteiger partial charge in [-0.25, -0.2) is 8.42 Å². The van der Waals surface area contributed by atoms with E-state index in [9.17, 15) is 13.2 Å². The summed E-state index contributed by atoms with van der Waals surface area (Å²) >= 11 is 6.06. The number of piperazine rings is 1. The normalized spacial score (nSPS) is 15.8. The number of carbonyl (C=O) groups is 1. The zero-order valence-corrected chi connectivity index (χ0v) is 16.0. The van der Waals surface area contributed by atoms with Gasteiger partial charge in [-0.05, 0) is 36.8 Å². The monoisotopic (exact) mass is 393 g/mol. The van der Waals surface area contributed by atoms with Crippen LogP contribution in [0.2, 0.25) is 5.02 Å². The van der Waals surface area contributed by atoms with E-state index in [-0.39, 0.29) is 30.3 Å². The third-order valence-corrected chi connectivity index (χ3v) is 6.94. The molecule has 0 spiro atoms. The highest BCUT2D eigenvalue weighted by Gasteiger charge is 2.31. The van der Waals surface area contributed by atoms with Gasteiger partial charge in [0.25, 0.3) is 0 Å². The molecule has 0 aliphatic carbocycles. The Kier molecular flexibility index (Phi) is 5.60. The van der Waals surface area contributed by atoms with Crippen LogP contribution in [0.4, 0.5) is 0 Å². The van der Waals surface area contributed by atoms with Crippen LogP contribution in [-0.4, -0.2) is 54.7 Å². The Bertz CT molecular complexity index is 895. The quantitative estimate of drug-likeness (QED) is 0.797. The predicted octanol–water partition coefficient (Wildman–Crippen LogP) is 2.12. The number of pyridine rings is 1. The molecule has 1 aromatic heterocycles. The summed E-state index contributed by atoms with van der Waals surface area (Å²) in [6.07, 6.45) is 1.88. The highest BCUT2D eigenvalue weighted by molar-refractivity contribution is 7.89. The number of rotatable bonds is 4. The summed E-state index contributed by atoms with van der Waals surface area (Å²) in [5.74, 6) is -0.0420. The Hall–Kier alpha value is -1.96. The molecule has 2 heterocycles. The van der Waals surface area contributed by atoms with Crippen LogP contribution in [0.5, 0.6) is 0 Å². The van der Waals surface area contributed by atoms with Gasteiger partial charge < -0.3 is 4.90 Å². The topological polar surface area (TPSA) is 70.6 Å². The first-order valence-corrected chi connectivity index (χ1v) is 10.1. The molecule has 138 valence electrons. The molecular formula is C18H20ClN3O3S. The van der Waals surface area contributed by atoms with Crippen molar-refractivity contribution in [2.45, 2.75) is 18.2 Å². The number of hydrogen-bond acceptors (Lipinski definition) is 4. The van der Waals surface area contributed by atoms with E-state index < -0.39 is 10.0 Å². The second kappa shape index (κ2) is 7.73. The zero-order valence-electron chi connectivity index (χ0n) is 14.4. The average molecular weight is 394 g/mol. The molecule has 1 aliphatic heterocycles. The summed E-state index contributed by atoms with van der Waals surface area (Å²) in [5, 5.41) is 0.426. The van der Waals surface area contributed by atoms with Crippen LogP contribution >= 0.6 is 11.6 Å². The number of hydrogen-bond donors (Lipinski definition) is 0. The molecular weight excluding hydrogens is 374 g/mol. The van der Waals surface area contributed by atoms with E-state index >= 15 is 0 Å². The van der Waals surface area contributed by atoms with Crippen molar-refractivity contribution in [3.8, 4) is 0 Å². The summed E-state index contributed by atoms with van der Waals surface area (Å²) in [7, 11) is -3.62. The highest BCUT2D eigenvalue weighted by atomic mass is 35.5. The van der Waals surface area contributed by atoms with Gasteiger partial charge in [0, 0.05) is 43.1 Å². The van der Waals surface area contributed by atoms with Crippen molar-refractivity contribution in [3.05, 3.63) is 58.9 Å². The van der Waals surface area contributed by atoms with Gasteiger partial charge in [-0.2, -0.15) is 4.31 Å². The summed E-state index contributed by atoms with van der Waals surface area (Å²) in [5.41, 5.74) is 1.25. The lowest BCUT2D eigenvalue weighted by Crippen LogP contribution is -2.51. The fraction of sp³-hybridized carbons (Fsp3) is 0.333. The number of amides is 1. The molecule has 1 aromatic carbocycles. The van der Waals surface area contributed by atoms with Gasteiger partial charge in [-0.15, -0.1) is 0 Å². The van der Waals surface area contributed by atoms with E-state index in [1.807, 2.05) is 6.07 Å². The molecule has 1 amide bonds. The fourth-order valence-corrected chi connectivity index (χ4v) is 4.85. The number of aromatic nitrogens is 1. The Morgan fingerprint density at radius 1 is 1.12 bits per heavy atom. The van der Waals surface area contributed by atoms with Crippen LogP contribution in [0.3, 0.4) is 0 Å². The smallest absolute Gasteiger partial charge is 0.243 e.